The van der Waals surface area contributed by atoms with Gasteiger partial charge in [0.05, 0.1) is 17.9 Å². The summed E-state index contributed by atoms with van der Waals surface area (Å²) < 4.78 is 4.12. The number of rotatable bonds is 5. The molecule has 0 spiro atoms. The number of para-hydroxylation sites is 1. The third-order valence-electron chi connectivity index (χ3n) is 5.76. The molecule has 0 fully saturated rings. The molecule has 0 N–H and O–H groups in total. The number of benzene rings is 2. The van der Waals surface area contributed by atoms with Gasteiger partial charge in [-0.25, -0.2) is 4.68 Å². The monoisotopic (exact) mass is 396 g/mol. The molecule has 2 aromatic heterocycles. The summed E-state index contributed by atoms with van der Waals surface area (Å²) in [4.78, 5) is 15.3. The van der Waals surface area contributed by atoms with E-state index in [9.17, 15) is 4.79 Å². The maximum absolute atomic E-state index is 13.3. The molecule has 3 heterocycles. The lowest BCUT2D eigenvalue weighted by molar-refractivity contribution is -0.133. The predicted molar refractivity (Wildman–Crippen MR) is 116 cm³/mol. The van der Waals surface area contributed by atoms with Crippen LogP contribution in [0.5, 0.6) is 0 Å². The van der Waals surface area contributed by atoms with Crippen molar-refractivity contribution in [3.8, 4) is 5.69 Å². The number of amides is 1. The lowest BCUT2D eigenvalue weighted by Gasteiger charge is -2.37. The van der Waals surface area contributed by atoms with Crippen molar-refractivity contribution in [3.05, 3.63) is 108 Å². The molecule has 5 heteroatoms. The molecular formula is C25H24N4O. The van der Waals surface area contributed by atoms with Crippen LogP contribution in [0.3, 0.4) is 0 Å². The van der Waals surface area contributed by atoms with E-state index in [0.717, 1.165) is 29.9 Å². The maximum Gasteiger partial charge on any atom is 0.223 e. The smallest absolute Gasteiger partial charge is 0.223 e. The summed E-state index contributed by atoms with van der Waals surface area (Å²) in [6.45, 7) is 1.56. The summed E-state index contributed by atoms with van der Waals surface area (Å²) in [5.74, 6) is 0.184. The average molecular weight is 396 g/mol. The quantitative estimate of drug-likeness (QED) is 0.506. The standard InChI is InChI=1S/C25H24N4O/c30-24(14-13-20-18-26-29(19-20)22-10-5-2-6-11-22)28-17-16-27-15-7-12-23(27)25(28)21-8-3-1-4-9-21/h1-12,15,18-19,25H,13-14,16-17H2. The Balaban J connectivity index is 1.33. The van der Waals surface area contributed by atoms with Crippen molar-refractivity contribution in [2.24, 2.45) is 0 Å². The van der Waals surface area contributed by atoms with E-state index in [0.29, 0.717) is 12.8 Å². The third kappa shape index (κ3) is 3.54. The highest BCUT2D eigenvalue weighted by atomic mass is 16.2. The van der Waals surface area contributed by atoms with Gasteiger partial charge >= 0.3 is 0 Å². The minimum Gasteiger partial charge on any atom is -0.348 e. The zero-order chi connectivity index (χ0) is 20.3. The van der Waals surface area contributed by atoms with E-state index in [4.69, 9.17) is 0 Å². The molecular weight excluding hydrogens is 372 g/mol. The van der Waals surface area contributed by atoms with Crippen LogP contribution in [0.4, 0.5) is 0 Å². The van der Waals surface area contributed by atoms with Gasteiger partial charge in [0.25, 0.3) is 0 Å². The largest absolute Gasteiger partial charge is 0.348 e. The molecule has 1 atom stereocenters. The number of hydrogen-bond acceptors (Lipinski definition) is 2. The first-order valence-electron chi connectivity index (χ1n) is 10.4. The van der Waals surface area contributed by atoms with Gasteiger partial charge in [0, 0.05) is 37.6 Å². The predicted octanol–water partition coefficient (Wildman–Crippen LogP) is 4.24. The molecule has 0 bridgehead atoms. The van der Waals surface area contributed by atoms with Crippen LogP contribution in [0.1, 0.15) is 29.3 Å². The number of aryl methyl sites for hydroxylation is 1. The Morgan fingerprint density at radius 2 is 1.70 bits per heavy atom. The average Bonchev–Trinajstić information content (AvgIpc) is 3.47. The van der Waals surface area contributed by atoms with Crippen LogP contribution in [-0.2, 0) is 17.8 Å². The number of carbonyl (C=O) groups excluding carboxylic acids is 1. The summed E-state index contributed by atoms with van der Waals surface area (Å²) in [5.41, 5.74) is 4.43. The molecule has 0 radical (unpaired) electrons. The van der Waals surface area contributed by atoms with Crippen molar-refractivity contribution < 1.29 is 4.79 Å². The van der Waals surface area contributed by atoms with Gasteiger partial charge in [0.15, 0.2) is 0 Å². The second kappa shape index (κ2) is 8.03. The lowest BCUT2D eigenvalue weighted by atomic mass is 9.99. The molecule has 2 aromatic carbocycles. The Bertz CT molecular complexity index is 1130. The van der Waals surface area contributed by atoms with Crippen molar-refractivity contribution in [3.63, 3.8) is 0 Å². The topological polar surface area (TPSA) is 43.1 Å². The fraction of sp³-hybridized carbons (Fsp3) is 0.200. The van der Waals surface area contributed by atoms with E-state index in [-0.39, 0.29) is 11.9 Å². The minimum atomic E-state index is -0.0329. The van der Waals surface area contributed by atoms with E-state index in [1.165, 1.54) is 5.69 Å². The van der Waals surface area contributed by atoms with Crippen LogP contribution in [0.25, 0.3) is 5.69 Å². The maximum atomic E-state index is 13.3. The minimum absolute atomic E-state index is 0.0329. The SMILES string of the molecule is O=C(CCc1cnn(-c2ccccc2)c1)N1CCn2cccc2C1c1ccccc1. The fourth-order valence-corrected chi connectivity index (χ4v) is 4.24. The van der Waals surface area contributed by atoms with Crippen molar-refractivity contribution in [1.29, 1.82) is 0 Å². The molecule has 1 unspecified atom stereocenters. The Morgan fingerprint density at radius 3 is 2.50 bits per heavy atom. The molecule has 5 nitrogen and oxygen atoms in total. The Labute approximate surface area is 176 Å². The number of aromatic nitrogens is 3. The van der Waals surface area contributed by atoms with Crippen LogP contribution in [0.2, 0.25) is 0 Å². The molecule has 0 saturated heterocycles. The van der Waals surface area contributed by atoms with Gasteiger partial charge in [0.1, 0.15) is 0 Å². The molecule has 1 aliphatic heterocycles. The van der Waals surface area contributed by atoms with E-state index in [1.54, 1.807) is 0 Å². The van der Waals surface area contributed by atoms with Gasteiger partial charge in [-0.15, -0.1) is 0 Å². The van der Waals surface area contributed by atoms with Gasteiger partial charge in [0.2, 0.25) is 5.91 Å². The molecule has 4 aromatic rings. The molecule has 5 rings (SSSR count). The molecule has 1 amide bonds. The summed E-state index contributed by atoms with van der Waals surface area (Å²) in [5, 5.41) is 4.45. The summed E-state index contributed by atoms with van der Waals surface area (Å²) in [6.07, 6.45) is 7.13. The second-order valence-electron chi connectivity index (χ2n) is 7.66. The highest BCUT2D eigenvalue weighted by Crippen LogP contribution is 2.32. The van der Waals surface area contributed by atoms with Crippen LogP contribution < -0.4 is 0 Å². The van der Waals surface area contributed by atoms with Crippen molar-refractivity contribution >= 4 is 5.91 Å². The third-order valence-corrected chi connectivity index (χ3v) is 5.76. The van der Waals surface area contributed by atoms with E-state index in [1.807, 2.05) is 70.5 Å². The van der Waals surface area contributed by atoms with Crippen LogP contribution in [0, 0.1) is 0 Å². The highest BCUT2D eigenvalue weighted by molar-refractivity contribution is 5.77. The van der Waals surface area contributed by atoms with Crippen LogP contribution in [0.15, 0.2) is 91.4 Å². The van der Waals surface area contributed by atoms with Gasteiger partial charge in [-0.05, 0) is 41.8 Å². The van der Waals surface area contributed by atoms with Crippen LogP contribution in [-0.4, -0.2) is 31.7 Å². The van der Waals surface area contributed by atoms with Crippen molar-refractivity contribution in [2.75, 3.05) is 6.54 Å². The van der Waals surface area contributed by atoms with Crippen molar-refractivity contribution in [2.45, 2.75) is 25.4 Å². The molecule has 30 heavy (non-hydrogen) atoms. The number of hydrogen-bond donors (Lipinski definition) is 0. The van der Waals surface area contributed by atoms with Gasteiger partial charge < -0.3 is 9.47 Å². The molecule has 150 valence electrons. The van der Waals surface area contributed by atoms with Crippen molar-refractivity contribution in [1.82, 2.24) is 19.2 Å². The van der Waals surface area contributed by atoms with Gasteiger partial charge in [-0.2, -0.15) is 5.10 Å². The Hall–Kier alpha value is -3.60. The van der Waals surface area contributed by atoms with E-state index in [2.05, 4.69) is 40.1 Å². The summed E-state index contributed by atoms with van der Waals surface area (Å²) >= 11 is 0. The Morgan fingerprint density at radius 1 is 0.933 bits per heavy atom. The molecule has 0 aliphatic carbocycles. The van der Waals surface area contributed by atoms with E-state index >= 15 is 0 Å². The van der Waals surface area contributed by atoms with Gasteiger partial charge in [-0.1, -0.05) is 48.5 Å². The normalized spacial score (nSPS) is 15.7. The first-order chi connectivity index (χ1) is 14.8. The summed E-state index contributed by atoms with van der Waals surface area (Å²) in [7, 11) is 0. The first-order valence-corrected chi connectivity index (χ1v) is 10.4. The second-order valence-corrected chi connectivity index (χ2v) is 7.66. The lowest BCUT2D eigenvalue weighted by Crippen LogP contribution is -2.42. The number of nitrogens with zero attached hydrogens (tertiary/aromatic N) is 4. The van der Waals surface area contributed by atoms with E-state index < -0.39 is 0 Å². The molecule has 0 saturated carbocycles. The fourth-order valence-electron chi connectivity index (χ4n) is 4.24. The highest BCUT2D eigenvalue weighted by Gasteiger charge is 2.31. The number of fused-ring (bicyclic) bond motifs is 1. The number of carbonyl (C=O) groups is 1. The Kier molecular flexibility index (Phi) is 4.93. The molecule has 1 aliphatic rings. The zero-order valence-corrected chi connectivity index (χ0v) is 16.8. The first kappa shape index (κ1) is 18.4. The van der Waals surface area contributed by atoms with Gasteiger partial charge in [-0.3, -0.25) is 4.79 Å². The van der Waals surface area contributed by atoms with Crippen LogP contribution >= 0.6 is 0 Å². The zero-order valence-electron chi connectivity index (χ0n) is 16.8. The summed E-state index contributed by atoms with van der Waals surface area (Å²) in [6, 6.07) is 24.5.